The lowest BCUT2D eigenvalue weighted by molar-refractivity contribution is -0.118. The van der Waals surface area contributed by atoms with E-state index in [1.807, 2.05) is 30.5 Å². The van der Waals surface area contributed by atoms with Gasteiger partial charge in [-0.15, -0.1) is 11.3 Å². The van der Waals surface area contributed by atoms with E-state index in [0.717, 1.165) is 16.1 Å². The molecule has 2 heterocycles. The number of carbonyl (C=O) groups is 1. The minimum atomic E-state index is -0.297. The molecule has 0 spiro atoms. The summed E-state index contributed by atoms with van der Waals surface area (Å²) < 4.78 is 26.1. The molecule has 6 nitrogen and oxygen atoms in total. The number of methoxy groups -OCH3 is 1. The van der Waals surface area contributed by atoms with E-state index in [-0.39, 0.29) is 24.4 Å². The highest BCUT2D eigenvalue weighted by Gasteiger charge is 2.19. The molecule has 0 aliphatic carbocycles. The van der Waals surface area contributed by atoms with Crippen molar-refractivity contribution in [2.24, 2.45) is 4.99 Å². The molecule has 1 aliphatic rings. The van der Waals surface area contributed by atoms with Gasteiger partial charge in [0.15, 0.2) is 11.4 Å². The molecule has 1 unspecified atom stereocenters. The maximum Gasteiger partial charge on any atom is 0.262 e. The first kappa shape index (κ1) is 19.4. The van der Waals surface area contributed by atoms with Gasteiger partial charge < -0.3 is 19.4 Å². The lowest BCUT2D eigenvalue weighted by atomic mass is 10.1. The maximum absolute atomic E-state index is 13.2. The van der Waals surface area contributed by atoms with Gasteiger partial charge in [-0.25, -0.2) is 9.38 Å². The Hall–Kier alpha value is -2.97. The van der Waals surface area contributed by atoms with Crippen molar-refractivity contribution in [1.29, 1.82) is 0 Å². The van der Waals surface area contributed by atoms with Crippen LogP contribution in [-0.4, -0.2) is 30.8 Å². The van der Waals surface area contributed by atoms with Crippen LogP contribution in [0.4, 0.5) is 15.8 Å². The van der Waals surface area contributed by atoms with Gasteiger partial charge in [0.2, 0.25) is 0 Å². The van der Waals surface area contributed by atoms with Crippen LogP contribution in [0.3, 0.4) is 0 Å². The number of nitrogens with one attached hydrogen (secondary N) is 1. The number of halogens is 1. The van der Waals surface area contributed by atoms with Gasteiger partial charge >= 0.3 is 0 Å². The van der Waals surface area contributed by atoms with Crippen molar-refractivity contribution in [3.63, 3.8) is 0 Å². The highest BCUT2D eigenvalue weighted by molar-refractivity contribution is 7.07. The molecule has 0 bridgehead atoms. The number of rotatable bonds is 5. The first-order chi connectivity index (χ1) is 14.0. The number of aromatic nitrogens is 1. The Bertz CT molecular complexity index is 1110. The number of thiazole rings is 1. The topological polar surface area (TPSA) is 64.8 Å². The molecule has 150 valence electrons. The summed E-state index contributed by atoms with van der Waals surface area (Å²) in [4.78, 5) is 17.1. The molecule has 1 atom stereocenters. The Morgan fingerprint density at radius 3 is 2.86 bits per heavy atom. The Kier molecular flexibility index (Phi) is 5.46. The predicted octanol–water partition coefficient (Wildman–Crippen LogP) is 4.13. The Morgan fingerprint density at radius 1 is 1.31 bits per heavy atom. The van der Waals surface area contributed by atoms with Crippen LogP contribution in [0.2, 0.25) is 0 Å². The minimum absolute atomic E-state index is 0.0160. The largest absolute Gasteiger partial charge is 0.482 e. The summed E-state index contributed by atoms with van der Waals surface area (Å²) >= 11 is 1.49. The smallest absolute Gasteiger partial charge is 0.262 e. The Balaban J connectivity index is 1.82. The minimum Gasteiger partial charge on any atom is -0.482 e. The number of amides is 1. The van der Waals surface area contributed by atoms with Gasteiger partial charge in [0.05, 0.1) is 29.7 Å². The summed E-state index contributed by atoms with van der Waals surface area (Å²) in [6.45, 7) is 2.58. The summed E-state index contributed by atoms with van der Waals surface area (Å²) in [7, 11) is 1.66. The molecule has 3 aromatic rings. The highest BCUT2D eigenvalue weighted by Crippen LogP contribution is 2.33. The van der Waals surface area contributed by atoms with Gasteiger partial charge in [0, 0.05) is 18.1 Å². The third kappa shape index (κ3) is 4.08. The van der Waals surface area contributed by atoms with Crippen molar-refractivity contribution < 1.29 is 18.7 Å². The van der Waals surface area contributed by atoms with Crippen molar-refractivity contribution in [3.8, 4) is 17.0 Å². The van der Waals surface area contributed by atoms with Crippen molar-refractivity contribution >= 4 is 28.6 Å². The second-order valence-corrected chi connectivity index (χ2v) is 7.55. The van der Waals surface area contributed by atoms with E-state index in [1.165, 1.54) is 23.5 Å². The standard InChI is InChI=1S/C21H20FN3O3S/c1-13(10-27-2)25-18(12-29-21(25)23-16-6-4-15(22)5-7-16)14-3-8-19-17(9-14)24-20(26)11-28-19/h3-9,12-13H,10-11H2,1-2H3,(H,24,26). The zero-order valence-corrected chi connectivity index (χ0v) is 16.8. The number of hydrogen-bond acceptors (Lipinski definition) is 5. The Labute approximate surface area is 171 Å². The molecule has 0 fully saturated rings. The number of benzene rings is 2. The van der Waals surface area contributed by atoms with Crippen molar-refractivity contribution in [1.82, 2.24) is 4.57 Å². The molecule has 2 aromatic carbocycles. The molecule has 4 rings (SSSR count). The van der Waals surface area contributed by atoms with E-state index in [2.05, 4.69) is 9.88 Å². The highest BCUT2D eigenvalue weighted by atomic mass is 32.1. The first-order valence-electron chi connectivity index (χ1n) is 9.11. The van der Waals surface area contributed by atoms with Gasteiger partial charge in [-0.1, -0.05) is 0 Å². The van der Waals surface area contributed by atoms with E-state index in [4.69, 9.17) is 14.5 Å². The van der Waals surface area contributed by atoms with Gasteiger partial charge in [0.25, 0.3) is 5.91 Å². The third-order valence-corrected chi connectivity index (χ3v) is 5.39. The van der Waals surface area contributed by atoms with E-state index in [1.54, 1.807) is 19.2 Å². The molecule has 0 radical (unpaired) electrons. The number of nitrogens with zero attached hydrogens (tertiary/aromatic N) is 2. The number of anilines is 1. The predicted molar refractivity (Wildman–Crippen MR) is 110 cm³/mol. The monoisotopic (exact) mass is 413 g/mol. The fourth-order valence-corrected chi connectivity index (χ4v) is 4.24. The van der Waals surface area contributed by atoms with Gasteiger partial charge in [0.1, 0.15) is 11.6 Å². The van der Waals surface area contributed by atoms with Crippen molar-refractivity contribution in [2.75, 3.05) is 25.6 Å². The third-order valence-electron chi connectivity index (χ3n) is 4.55. The van der Waals surface area contributed by atoms with E-state index in [0.29, 0.717) is 23.7 Å². The van der Waals surface area contributed by atoms with E-state index >= 15 is 0 Å². The zero-order valence-electron chi connectivity index (χ0n) is 16.0. The van der Waals surface area contributed by atoms with Gasteiger partial charge in [-0.05, 0) is 49.4 Å². The van der Waals surface area contributed by atoms with Crippen LogP contribution in [0, 0.1) is 5.82 Å². The summed E-state index contributed by atoms with van der Waals surface area (Å²) in [5.41, 5.74) is 3.19. The molecule has 0 saturated carbocycles. The van der Waals surface area contributed by atoms with Crippen LogP contribution in [0.1, 0.15) is 13.0 Å². The molecule has 8 heteroatoms. The fraction of sp³-hybridized carbons (Fsp3) is 0.238. The number of carbonyl (C=O) groups excluding carboxylic acids is 1. The molecule has 29 heavy (non-hydrogen) atoms. The second-order valence-electron chi connectivity index (χ2n) is 6.71. The average molecular weight is 413 g/mol. The molecule has 0 saturated heterocycles. The summed E-state index contributed by atoms with van der Waals surface area (Å²) in [5.74, 6) is 0.179. The SMILES string of the molecule is COCC(C)n1c(-c2ccc3c(c2)NC(=O)CO3)csc1=Nc1ccc(F)cc1. The summed E-state index contributed by atoms with van der Waals surface area (Å²) in [6.07, 6.45) is 0. The normalized spacial score (nSPS) is 14.9. The molecule has 1 N–H and O–H groups in total. The molecule has 1 aromatic heterocycles. The second kappa shape index (κ2) is 8.18. The first-order valence-corrected chi connectivity index (χ1v) is 9.99. The van der Waals surface area contributed by atoms with E-state index < -0.39 is 0 Å². The van der Waals surface area contributed by atoms with Gasteiger partial charge in [-0.3, -0.25) is 4.79 Å². The number of fused-ring (bicyclic) bond motifs is 1. The number of ether oxygens (including phenoxy) is 2. The average Bonchev–Trinajstić information content (AvgIpc) is 3.13. The zero-order chi connectivity index (χ0) is 20.4. The van der Waals surface area contributed by atoms with Crippen LogP contribution in [0.5, 0.6) is 5.75 Å². The van der Waals surface area contributed by atoms with Crippen LogP contribution in [0.25, 0.3) is 11.3 Å². The van der Waals surface area contributed by atoms with Crippen LogP contribution >= 0.6 is 11.3 Å². The maximum atomic E-state index is 13.2. The van der Waals surface area contributed by atoms with Crippen molar-refractivity contribution in [2.45, 2.75) is 13.0 Å². The summed E-state index contributed by atoms with van der Waals surface area (Å²) in [5, 5.41) is 4.86. The Morgan fingerprint density at radius 2 is 2.10 bits per heavy atom. The van der Waals surface area contributed by atoms with Crippen LogP contribution in [-0.2, 0) is 9.53 Å². The van der Waals surface area contributed by atoms with E-state index in [9.17, 15) is 9.18 Å². The molecule has 1 amide bonds. The quantitative estimate of drug-likeness (QED) is 0.684. The van der Waals surface area contributed by atoms with Crippen molar-refractivity contribution in [3.05, 3.63) is 58.5 Å². The van der Waals surface area contributed by atoms with Crippen LogP contribution < -0.4 is 14.9 Å². The molecular weight excluding hydrogens is 393 g/mol. The summed E-state index contributed by atoms with van der Waals surface area (Å²) in [6, 6.07) is 11.8. The van der Waals surface area contributed by atoms with Gasteiger partial charge in [-0.2, -0.15) is 0 Å². The molecular formula is C21H20FN3O3S. The molecule has 1 aliphatic heterocycles. The lowest BCUT2D eigenvalue weighted by Crippen LogP contribution is -2.25. The number of hydrogen-bond donors (Lipinski definition) is 1. The lowest BCUT2D eigenvalue weighted by Gasteiger charge is -2.20. The van der Waals surface area contributed by atoms with Crippen LogP contribution in [0.15, 0.2) is 52.8 Å². The fourth-order valence-electron chi connectivity index (χ4n) is 3.22.